The van der Waals surface area contributed by atoms with Crippen LogP contribution in [-0.2, 0) is 70.7 Å². The molecule has 0 aromatic rings. The van der Waals surface area contributed by atoms with Crippen LogP contribution in [0.15, 0.2) is 12.2 Å². The van der Waals surface area contributed by atoms with Gasteiger partial charge in [-0.3, -0.25) is 28.2 Å². The molecule has 718 valence electrons. The maximum absolute atomic E-state index is 14.9. The lowest BCUT2D eigenvalue weighted by atomic mass is 9.84. The van der Waals surface area contributed by atoms with Crippen LogP contribution in [0.25, 0.3) is 0 Å². The quantitative estimate of drug-likeness (QED) is 0.00889. The molecule has 1 aliphatic carbocycles. The second-order valence-corrected chi connectivity index (χ2v) is 37.3. The summed E-state index contributed by atoms with van der Waals surface area (Å²) in [4.78, 5) is 66.7. The smallest absolute Gasteiger partial charge is 0.463 e. The zero-order chi connectivity index (χ0) is 89.1. The number of carbonyl (C=O) groups is 4. The van der Waals surface area contributed by atoms with Crippen LogP contribution in [-0.4, -0.2) is 205 Å². The van der Waals surface area contributed by atoms with Crippen LogP contribution in [0.5, 0.6) is 0 Å². The van der Waals surface area contributed by atoms with Gasteiger partial charge in [0.15, 0.2) is 24.8 Å². The Bertz CT molecular complexity index is 2590. The van der Waals surface area contributed by atoms with Crippen molar-refractivity contribution in [2.75, 3.05) is 26.4 Å². The molecule has 2 aliphatic heterocycles. The van der Waals surface area contributed by atoms with Gasteiger partial charge in [0.1, 0.15) is 92.6 Å². The first-order chi connectivity index (χ1) is 59.1. The average Bonchev–Trinajstić information content (AvgIpc) is 0.753. The molecule has 0 bridgehead atoms. The fraction of sp³-hybridized carbons (Fsp3) is 0.938. The van der Waals surface area contributed by atoms with Crippen molar-refractivity contribution in [2.24, 2.45) is 5.92 Å². The lowest BCUT2D eigenvalue weighted by Gasteiger charge is -2.50. The van der Waals surface area contributed by atoms with E-state index in [1.165, 1.54) is 199 Å². The molecule has 2 heterocycles. The van der Waals surface area contributed by atoms with E-state index < -0.39 is 162 Å². The van der Waals surface area contributed by atoms with E-state index in [1.807, 2.05) is 0 Å². The molecule has 3 rings (SSSR count). The second-order valence-electron chi connectivity index (χ2n) is 35.9. The molecule has 26 heteroatoms. The van der Waals surface area contributed by atoms with Crippen molar-refractivity contribution in [2.45, 2.75) is 543 Å². The van der Waals surface area contributed by atoms with Gasteiger partial charge < -0.3 is 88.7 Å². The molecular weight excluding hydrogens is 1580 g/mol. The number of rotatable bonds is 81. The van der Waals surface area contributed by atoms with Crippen LogP contribution in [0.1, 0.15) is 439 Å². The van der Waals surface area contributed by atoms with Crippen LogP contribution >= 0.6 is 7.82 Å². The van der Waals surface area contributed by atoms with Gasteiger partial charge in [-0.2, -0.15) is 0 Å². The summed E-state index contributed by atoms with van der Waals surface area (Å²) in [5, 5.41) is 103. The van der Waals surface area contributed by atoms with E-state index in [0.717, 1.165) is 141 Å². The fourth-order valence-corrected chi connectivity index (χ4v) is 17.6. The minimum atomic E-state index is -5.81. The van der Waals surface area contributed by atoms with Crippen LogP contribution in [0.3, 0.4) is 0 Å². The second kappa shape index (κ2) is 73.9. The third-order valence-electron chi connectivity index (χ3n) is 24.7. The Kier molecular flexibility index (Phi) is 68.7. The molecule has 2 saturated heterocycles. The van der Waals surface area contributed by atoms with Gasteiger partial charge in [0.25, 0.3) is 0 Å². The van der Waals surface area contributed by atoms with Crippen LogP contribution < -0.4 is 0 Å². The van der Waals surface area contributed by atoms with Crippen LogP contribution in [0, 0.1) is 5.92 Å². The van der Waals surface area contributed by atoms with Gasteiger partial charge in [0, 0.05) is 25.7 Å². The van der Waals surface area contributed by atoms with E-state index in [2.05, 4.69) is 46.8 Å². The van der Waals surface area contributed by atoms with Crippen molar-refractivity contribution >= 4 is 31.7 Å². The van der Waals surface area contributed by atoms with E-state index in [-0.39, 0.29) is 25.7 Å². The van der Waals surface area contributed by atoms with Gasteiger partial charge >= 0.3 is 31.7 Å². The Labute approximate surface area is 737 Å². The molecule has 0 aromatic heterocycles. The van der Waals surface area contributed by atoms with Crippen molar-refractivity contribution in [3.8, 4) is 0 Å². The summed E-state index contributed by atoms with van der Waals surface area (Å²) in [5.74, 6) is -2.32. The number of hydrogen-bond acceptors (Lipinski definition) is 24. The maximum Gasteiger partial charge on any atom is 0.472 e. The van der Waals surface area contributed by atoms with E-state index in [4.69, 9.17) is 46.9 Å². The number of hydrogen-bond donors (Lipinski definition) is 10. The Morgan fingerprint density at radius 2 is 0.664 bits per heavy atom. The molecule has 0 radical (unpaired) electrons. The number of aliphatic hydroxyl groups is 9. The molecule has 25 nitrogen and oxygen atoms in total. The van der Waals surface area contributed by atoms with Crippen LogP contribution in [0.4, 0.5) is 0 Å². The van der Waals surface area contributed by atoms with Gasteiger partial charge in [0.05, 0.1) is 13.2 Å². The predicted octanol–water partition coefficient (Wildman–Crippen LogP) is 19.4. The first-order valence-corrected chi connectivity index (χ1v) is 51.3. The largest absolute Gasteiger partial charge is 0.472 e. The Balaban J connectivity index is 1.90. The number of aliphatic hydroxyl groups excluding tert-OH is 9. The van der Waals surface area contributed by atoms with Gasteiger partial charge in [-0.15, -0.1) is 0 Å². The number of phosphoric ester groups is 1. The lowest BCUT2D eigenvalue weighted by Crippen LogP contribution is -2.70. The van der Waals surface area contributed by atoms with Crippen molar-refractivity contribution in [1.29, 1.82) is 0 Å². The van der Waals surface area contributed by atoms with E-state index in [1.54, 1.807) is 0 Å². The molecule has 122 heavy (non-hydrogen) atoms. The lowest BCUT2D eigenvalue weighted by molar-refractivity contribution is -0.360. The van der Waals surface area contributed by atoms with Crippen LogP contribution in [0.2, 0.25) is 0 Å². The summed E-state index contributed by atoms with van der Waals surface area (Å²) in [5.41, 5.74) is 0. The van der Waals surface area contributed by atoms with Crippen molar-refractivity contribution in [1.82, 2.24) is 0 Å². The Morgan fingerprint density at radius 3 is 1.07 bits per heavy atom. The molecule has 19 atom stereocenters. The highest BCUT2D eigenvalue weighted by Crippen LogP contribution is 2.49. The number of esters is 4. The van der Waals surface area contributed by atoms with Gasteiger partial charge in [-0.1, -0.05) is 374 Å². The topological polar surface area (TPSA) is 380 Å². The van der Waals surface area contributed by atoms with Crippen molar-refractivity contribution in [3.63, 3.8) is 0 Å². The first-order valence-electron chi connectivity index (χ1n) is 49.8. The highest BCUT2D eigenvalue weighted by atomic mass is 31.2. The summed E-state index contributed by atoms with van der Waals surface area (Å²) in [7, 11) is -5.81. The SMILES string of the molecule is CCCCCC/C=C\CCCCCCCCCC(=O)OC(COC(=O)CCCCCCCCCCCCCCCCCC)COP(=O)(O)OC1C(OC2OC(CO)C(O)C(O)C2O)C(O)C(O)C(OC(=O)CCCCCCCCC(C)CCCCCCCC)C1OC1OC(COC(=O)CCCCCCCCCCCCCCCCCC)C(O)C(O)C1O. The molecule has 0 amide bonds. The Morgan fingerprint density at radius 1 is 0.344 bits per heavy atom. The minimum absolute atomic E-state index is 0.0186. The predicted molar refractivity (Wildman–Crippen MR) is 476 cm³/mol. The number of unbranched alkanes of at least 4 members (excludes halogenated alkanes) is 51. The maximum atomic E-state index is 14.9. The molecule has 3 fully saturated rings. The van der Waals surface area contributed by atoms with E-state index in [9.17, 15) is 74.6 Å². The molecule has 1 saturated carbocycles. The summed E-state index contributed by atoms with van der Waals surface area (Å²) in [6, 6.07) is 0. The van der Waals surface area contributed by atoms with Gasteiger partial charge in [-0.05, 0) is 57.3 Å². The summed E-state index contributed by atoms with van der Waals surface area (Å²) < 4.78 is 73.7. The molecular formula is C96H179O25P. The van der Waals surface area contributed by atoms with Gasteiger partial charge in [0.2, 0.25) is 0 Å². The number of carbonyl (C=O) groups excluding carboxylic acids is 4. The monoisotopic (exact) mass is 1760 g/mol. The molecule has 19 unspecified atom stereocenters. The zero-order valence-electron chi connectivity index (χ0n) is 77.0. The zero-order valence-corrected chi connectivity index (χ0v) is 77.9. The minimum Gasteiger partial charge on any atom is -0.463 e. The highest BCUT2D eigenvalue weighted by Gasteiger charge is 2.60. The third-order valence-corrected chi connectivity index (χ3v) is 25.7. The van der Waals surface area contributed by atoms with E-state index in [0.29, 0.717) is 44.4 Å². The molecule has 0 aromatic carbocycles. The fourth-order valence-electron chi connectivity index (χ4n) is 16.7. The van der Waals surface area contributed by atoms with Crippen molar-refractivity contribution in [3.05, 3.63) is 12.2 Å². The first kappa shape index (κ1) is 113. The normalized spacial score (nSPS) is 24.8. The molecule has 0 spiro atoms. The van der Waals surface area contributed by atoms with Crippen molar-refractivity contribution < 1.29 is 122 Å². The van der Waals surface area contributed by atoms with Gasteiger partial charge in [-0.25, -0.2) is 4.57 Å². The highest BCUT2D eigenvalue weighted by molar-refractivity contribution is 7.47. The molecule has 3 aliphatic rings. The van der Waals surface area contributed by atoms with E-state index >= 15 is 0 Å². The summed E-state index contributed by atoms with van der Waals surface area (Å²) in [6.45, 7) is 7.94. The average molecular weight is 1760 g/mol. The standard InChI is InChI=1S/C96H179O25P/c1-6-10-14-18-22-25-28-31-34-37-39-42-45-48-55-61-67-79(98)112-72-76(115-81(100)69-63-57-50-47-44-41-36-33-30-27-24-20-16-12-8-3)73-114-122(110,111)121-94-92(119-95-89(108)85(104)83(102)77(71-97)116-95)88(107)87(106)91(118-82(101)70-64-58-52-51-54-60-66-75(5)65-59-53-21-17-13-9-4)93(94)120-96-90(109)86(105)84(103)78(117-96)74-113-80(99)68-62-56-49-46-43-40-38-35-32-29-26-23-19-15-11-7-2/h27,30,75-78,83-97,102-109H,6-26,28-29,31-74H2,1-5H3,(H,110,111)/b30-27-. The number of allylic oxidation sites excluding steroid dienone is 2. The third kappa shape index (κ3) is 53.4. The molecule has 10 N–H and O–H groups in total. The summed E-state index contributed by atoms with van der Waals surface area (Å²) >= 11 is 0. The Hall–Kier alpha value is -2.79. The number of phosphoric acid groups is 1. The summed E-state index contributed by atoms with van der Waals surface area (Å²) in [6.07, 6.45) is 33.2. The number of ether oxygens (including phenoxy) is 8.